The zero-order valence-corrected chi connectivity index (χ0v) is 9.68. The first-order valence-corrected chi connectivity index (χ1v) is 5.32. The zero-order chi connectivity index (χ0) is 11.4. The van der Waals surface area contributed by atoms with Gasteiger partial charge in [-0.15, -0.1) is 0 Å². The van der Waals surface area contributed by atoms with Gasteiger partial charge in [-0.25, -0.2) is 4.98 Å². The summed E-state index contributed by atoms with van der Waals surface area (Å²) in [6.45, 7) is 0.305. The van der Waals surface area contributed by atoms with Crippen molar-refractivity contribution >= 4 is 21.7 Å². The molecular formula is C9H14BrN3O2. The van der Waals surface area contributed by atoms with Crippen LogP contribution in [-0.4, -0.2) is 27.8 Å². The molecule has 0 aliphatic rings. The molecule has 0 aliphatic heterocycles. The van der Waals surface area contributed by atoms with Crippen LogP contribution in [0.3, 0.4) is 0 Å². The Morgan fingerprint density at radius 1 is 1.47 bits per heavy atom. The van der Waals surface area contributed by atoms with Crippen LogP contribution in [0.15, 0.2) is 16.7 Å². The Kier molecular flexibility index (Phi) is 4.46. The lowest BCUT2D eigenvalue weighted by atomic mass is 10.0. The van der Waals surface area contributed by atoms with Gasteiger partial charge in [-0.05, 0) is 35.0 Å². The summed E-state index contributed by atoms with van der Waals surface area (Å²) in [4.78, 5) is 3.87. The predicted molar refractivity (Wildman–Crippen MR) is 61.0 cm³/mol. The Bertz CT molecular complexity index is 335. The number of hydrogen-bond acceptors (Lipinski definition) is 5. The van der Waals surface area contributed by atoms with Gasteiger partial charge in [0, 0.05) is 16.2 Å². The summed E-state index contributed by atoms with van der Waals surface area (Å²) >= 11 is 3.22. The van der Waals surface area contributed by atoms with Gasteiger partial charge in [0.25, 0.3) is 0 Å². The average Bonchev–Trinajstić information content (AvgIpc) is 2.21. The highest BCUT2D eigenvalue weighted by Gasteiger charge is 2.20. The molecular weight excluding hydrogens is 262 g/mol. The molecule has 0 fully saturated rings. The molecule has 6 heteroatoms. The van der Waals surface area contributed by atoms with E-state index in [1.807, 2.05) is 0 Å². The van der Waals surface area contributed by atoms with Crippen LogP contribution in [-0.2, 0) is 0 Å². The van der Waals surface area contributed by atoms with Gasteiger partial charge in [0.05, 0.1) is 6.10 Å². The Morgan fingerprint density at radius 3 is 2.73 bits per heavy atom. The molecule has 1 aromatic rings. The van der Waals surface area contributed by atoms with Crippen LogP contribution in [0.5, 0.6) is 0 Å². The molecule has 0 radical (unpaired) electrons. The van der Waals surface area contributed by atoms with Gasteiger partial charge >= 0.3 is 0 Å². The van der Waals surface area contributed by atoms with E-state index in [-0.39, 0.29) is 5.82 Å². The van der Waals surface area contributed by atoms with E-state index >= 15 is 0 Å². The van der Waals surface area contributed by atoms with Gasteiger partial charge < -0.3 is 21.7 Å². The number of hydrogen-bond donors (Lipinski definition) is 4. The molecule has 1 rings (SSSR count). The number of halogens is 1. The summed E-state index contributed by atoms with van der Waals surface area (Å²) < 4.78 is 0.700. The number of rotatable bonds is 4. The number of aliphatic hydroxyl groups is 2. The number of nitrogens with zero attached hydrogens (tertiary/aromatic N) is 1. The van der Waals surface area contributed by atoms with E-state index in [4.69, 9.17) is 11.5 Å². The van der Waals surface area contributed by atoms with Gasteiger partial charge in [0.15, 0.2) is 0 Å². The fourth-order valence-electron chi connectivity index (χ4n) is 1.24. The summed E-state index contributed by atoms with van der Waals surface area (Å²) in [6, 6.07) is 1.63. The van der Waals surface area contributed by atoms with Crippen molar-refractivity contribution in [2.75, 3.05) is 12.3 Å². The average molecular weight is 276 g/mol. The first kappa shape index (κ1) is 12.4. The second kappa shape index (κ2) is 5.41. The second-order valence-corrected chi connectivity index (χ2v) is 4.13. The molecule has 0 aromatic carbocycles. The van der Waals surface area contributed by atoms with E-state index < -0.39 is 12.2 Å². The van der Waals surface area contributed by atoms with Gasteiger partial charge in [-0.2, -0.15) is 0 Å². The summed E-state index contributed by atoms with van der Waals surface area (Å²) in [6.07, 6.45) is -0.138. The fraction of sp³-hybridized carbons (Fsp3) is 0.444. The van der Waals surface area contributed by atoms with Crippen LogP contribution in [0, 0.1) is 0 Å². The van der Waals surface area contributed by atoms with E-state index in [0.29, 0.717) is 23.0 Å². The molecule has 0 bridgehead atoms. The molecule has 15 heavy (non-hydrogen) atoms. The molecule has 0 aliphatic carbocycles. The molecule has 2 unspecified atom stereocenters. The number of pyridine rings is 1. The highest BCUT2D eigenvalue weighted by atomic mass is 79.9. The largest absolute Gasteiger partial charge is 0.390 e. The normalized spacial score (nSPS) is 14.9. The Balaban J connectivity index is 2.89. The zero-order valence-electron chi connectivity index (χ0n) is 8.10. The van der Waals surface area contributed by atoms with Crippen molar-refractivity contribution in [3.8, 4) is 0 Å². The molecule has 1 heterocycles. The fourth-order valence-corrected chi connectivity index (χ4v) is 1.59. The monoisotopic (exact) mass is 275 g/mol. The minimum Gasteiger partial charge on any atom is -0.390 e. The molecule has 84 valence electrons. The molecule has 5 nitrogen and oxygen atoms in total. The van der Waals surface area contributed by atoms with Crippen LogP contribution in [0.25, 0.3) is 0 Å². The minimum atomic E-state index is -1.06. The van der Waals surface area contributed by atoms with Crippen molar-refractivity contribution in [1.82, 2.24) is 4.98 Å². The maximum Gasteiger partial charge on any atom is 0.129 e. The lowest BCUT2D eigenvalue weighted by Gasteiger charge is -2.18. The molecule has 1 aromatic heterocycles. The Labute approximate surface area is 96.2 Å². The lowest BCUT2D eigenvalue weighted by molar-refractivity contribution is 0.0152. The molecule has 0 saturated carbocycles. The van der Waals surface area contributed by atoms with E-state index in [2.05, 4.69) is 20.9 Å². The minimum absolute atomic E-state index is 0.210. The SMILES string of the molecule is NCCC(O)C(O)c1cc(Br)cnc1N. The first-order chi connectivity index (χ1) is 7.06. The van der Waals surface area contributed by atoms with Crippen molar-refractivity contribution in [2.24, 2.45) is 5.73 Å². The van der Waals surface area contributed by atoms with Gasteiger partial charge in [0.2, 0.25) is 0 Å². The first-order valence-electron chi connectivity index (χ1n) is 4.53. The summed E-state index contributed by atoms with van der Waals surface area (Å²) in [5.74, 6) is 0.210. The van der Waals surface area contributed by atoms with Crippen LogP contribution >= 0.6 is 15.9 Å². The standard InChI is InChI=1S/C9H14BrN3O2/c10-5-3-6(9(12)13-4-5)8(15)7(14)1-2-11/h3-4,7-8,14-15H,1-2,11H2,(H2,12,13). The Morgan fingerprint density at radius 2 is 2.13 bits per heavy atom. The Hall–Kier alpha value is -0.690. The third-order valence-electron chi connectivity index (χ3n) is 2.06. The van der Waals surface area contributed by atoms with Gasteiger partial charge in [0.1, 0.15) is 11.9 Å². The van der Waals surface area contributed by atoms with E-state index in [9.17, 15) is 10.2 Å². The highest BCUT2D eigenvalue weighted by Crippen LogP contribution is 2.25. The number of aliphatic hydroxyl groups excluding tert-OH is 2. The van der Waals surface area contributed by atoms with E-state index in [1.165, 1.54) is 6.20 Å². The quantitative estimate of drug-likeness (QED) is 0.627. The van der Waals surface area contributed by atoms with Gasteiger partial charge in [-0.1, -0.05) is 0 Å². The number of nitrogens with two attached hydrogens (primary N) is 2. The summed E-state index contributed by atoms with van der Waals surface area (Å²) in [5, 5.41) is 19.3. The number of anilines is 1. The number of aromatic nitrogens is 1. The smallest absolute Gasteiger partial charge is 0.129 e. The van der Waals surface area contributed by atoms with Crippen LogP contribution in [0.1, 0.15) is 18.1 Å². The van der Waals surface area contributed by atoms with Crippen molar-refractivity contribution in [1.29, 1.82) is 0 Å². The van der Waals surface area contributed by atoms with Crippen molar-refractivity contribution in [3.63, 3.8) is 0 Å². The predicted octanol–water partition coefficient (Wildman–Crippen LogP) is 0.169. The summed E-state index contributed by atoms with van der Waals surface area (Å²) in [5.41, 5.74) is 11.3. The van der Waals surface area contributed by atoms with Crippen molar-refractivity contribution in [3.05, 3.63) is 22.3 Å². The topological polar surface area (TPSA) is 105 Å². The lowest BCUT2D eigenvalue weighted by Crippen LogP contribution is -2.22. The number of nitrogen functional groups attached to an aromatic ring is 1. The molecule has 0 saturated heterocycles. The van der Waals surface area contributed by atoms with Crippen LogP contribution in [0.2, 0.25) is 0 Å². The third-order valence-corrected chi connectivity index (χ3v) is 2.50. The van der Waals surface area contributed by atoms with Crippen LogP contribution < -0.4 is 11.5 Å². The maximum absolute atomic E-state index is 9.78. The molecule has 0 amide bonds. The van der Waals surface area contributed by atoms with Crippen molar-refractivity contribution < 1.29 is 10.2 Å². The molecule has 2 atom stereocenters. The van der Waals surface area contributed by atoms with E-state index in [0.717, 1.165) is 0 Å². The van der Waals surface area contributed by atoms with Gasteiger partial charge in [-0.3, -0.25) is 0 Å². The third kappa shape index (κ3) is 3.13. The van der Waals surface area contributed by atoms with E-state index in [1.54, 1.807) is 6.07 Å². The summed E-state index contributed by atoms with van der Waals surface area (Å²) in [7, 11) is 0. The van der Waals surface area contributed by atoms with Crippen LogP contribution in [0.4, 0.5) is 5.82 Å². The van der Waals surface area contributed by atoms with Crippen molar-refractivity contribution in [2.45, 2.75) is 18.6 Å². The molecule has 0 spiro atoms. The molecule has 6 N–H and O–H groups in total. The maximum atomic E-state index is 9.78. The highest BCUT2D eigenvalue weighted by molar-refractivity contribution is 9.10. The second-order valence-electron chi connectivity index (χ2n) is 3.22.